The molecule has 0 aromatic carbocycles. The number of sulfonamides is 1. The van der Waals surface area contributed by atoms with Crippen molar-refractivity contribution >= 4 is 16.0 Å². The molecule has 1 aromatic rings. The molecular weight excluding hydrogens is 270 g/mol. The summed E-state index contributed by atoms with van der Waals surface area (Å²) in [4.78, 5) is 14.2. The van der Waals surface area contributed by atoms with Crippen LogP contribution < -0.4 is 0 Å². The molecule has 0 amide bonds. The largest absolute Gasteiger partial charge is 0.480 e. The Morgan fingerprint density at radius 1 is 1.53 bits per heavy atom. The molecule has 102 valence electrons. The molecule has 1 N–H and O–H groups in total. The van der Waals surface area contributed by atoms with Crippen molar-refractivity contribution in [2.45, 2.75) is 18.2 Å². The van der Waals surface area contributed by atoms with E-state index in [4.69, 9.17) is 10.4 Å². The normalized spacial score (nSPS) is 11.2. The van der Waals surface area contributed by atoms with Gasteiger partial charge in [0.1, 0.15) is 23.2 Å². The molecule has 8 heteroatoms. The van der Waals surface area contributed by atoms with E-state index in [0.717, 1.165) is 10.5 Å². The van der Waals surface area contributed by atoms with E-state index < -0.39 is 22.5 Å². The number of aromatic nitrogens is 1. The molecule has 7 nitrogen and oxygen atoms in total. The fraction of sp³-hybridized carbons (Fsp3) is 0.364. The molecule has 19 heavy (non-hydrogen) atoms. The van der Waals surface area contributed by atoms with Gasteiger partial charge in [-0.1, -0.05) is 6.92 Å². The van der Waals surface area contributed by atoms with Gasteiger partial charge in [0, 0.05) is 12.7 Å². The minimum Gasteiger partial charge on any atom is -0.480 e. The lowest BCUT2D eigenvalue weighted by atomic mass is 10.4. The summed E-state index contributed by atoms with van der Waals surface area (Å²) in [6, 6.07) is 4.30. The van der Waals surface area contributed by atoms with E-state index >= 15 is 0 Å². The van der Waals surface area contributed by atoms with Crippen molar-refractivity contribution in [2.75, 3.05) is 13.1 Å². The number of rotatable bonds is 6. The third-order valence-electron chi connectivity index (χ3n) is 2.27. The lowest BCUT2D eigenvalue weighted by Crippen LogP contribution is -2.36. The Morgan fingerprint density at radius 2 is 2.21 bits per heavy atom. The lowest BCUT2D eigenvalue weighted by molar-refractivity contribution is -0.137. The van der Waals surface area contributed by atoms with Crippen molar-refractivity contribution in [1.82, 2.24) is 9.29 Å². The van der Waals surface area contributed by atoms with E-state index in [1.165, 1.54) is 12.1 Å². The Bertz CT molecular complexity index is 589. The van der Waals surface area contributed by atoms with Crippen LogP contribution in [0.25, 0.3) is 0 Å². The molecule has 0 bridgehead atoms. The van der Waals surface area contributed by atoms with Crippen molar-refractivity contribution in [3.63, 3.8) is 0 Å². The van der Waals surface area contributed by atoms with Gasteiger partial charge in [0.25, 0.3) is 0 Å². The van der Waals surface area contributed by atoms with Gasteiger partial charge in [-0.25, -0.2) is 13.4 Å². The van der Waals surface area contributed by atoms with E-state index in [1.54, 1.807) is 13.0 Å². The first-order valence-corrected chi connectivity index (χ1v) is 6.94. The highest BCUT2D eigenvalue weighted by molar-refractivity contribution is 7.89. The Hall–Kier alpha value is -1.98. The third-order valence-corrected chi connectivity index (χ3v) is 4.10. The molecule has 1 rings (SSSR count). The van der Waals surface area contributed by atoms with E-state index in [-0.39, 0.29) is 17.1 Å². The van der Waals surface area contributed by atoms with Crippen LogP contribution in [0.1, 0.15) is 19.0 Å². The molecule has 0 radical (unpaired) electrons. The highest BCUT2D eigenvalue weighted by Crippen LogP contribution is 2.15. The van der Waals surface area contributed by atoms with E-state index in [9.17, 15) is 13.2 Å². The molecule has 0 spiro atoms. The maximum Gasteiger partial charge on any atom is 0.318 e. The number of pyridine rings is 1. The molecule has 0 atom stereocenters. The number of hydrogen-bond acceptors (Lipinski definition) is 5. The van der Waals surface area contributed by atoms with E-state index in [1.807, 2.05) is 0 Å². The molecule has 0 aliphatic carbocycles. The Balaban J connectivity index is 3.11. The number of carboxylic acid groups (broad SMARTS) is 1. The first-order chi connectivity index (χ1) is 8.91. The fourth-order valence-corrected chi connectivity index (χ4v) is 2.86. The highest BCUT2D eigenvalue weighted by Gasteiger charge is 2.26. The predicted molar refractivity (Wildman–Crippen MR) is 65.6 cm³/mol. The molecule has 1 heterocycles. The minimum atomic E-state index is -3.90. The van der Waals surface area contributed by atoms with Crippen LogP contribution in [0.4, 0.5) is 0 Å². The second-order valence-electron chi connectivity index (χ2n) is 3.72. The number of carboxylic acids is 1. The Kier molecular flexibility index (Phi) is 4.97. The summed E-state index contributed by atoms with van der Waals surface area (Å²) in [5, 5.41) is 17.3. The third kappa shape index (κ3) is 3.74. The van der Waals surface area contributed by atoms with Crippen LogP contribution in [-0.2, 0) is 14.8 Å². The summed E-state index contributed by atoms with van der Waals surface area (Å²) in [6.07, 6.45) is 1.55. The summed E-state index contributed by atoms with van der Waals surface area (Å²) in [5.41, 5.74) is 0.0965. The zero-order chi connectivity index (χ0) is 14.5. The maximum atomic E-state index is 12.2. The van der Waals surface area contributed by atoms with Crippen LogP contribution >= 0.6 is 0 Å². The van der Waals surface area contributed by atoms with Gasteiger partial charge in [-0.05, 0) is 18.6 Å². The summed E-state index contributed by atoms with van der Waals surface area (Å²) in [5.74, 6) is -1.22. The van der Waals surface area contributed by atoms with Crippen LogP contribution in [0.3, 0.4) is 0 Å². The highest BCUT2D eigenvalue weighted by atomic mass is 32.2. The van der Waals surface area contributed by atoms with Gasteiger partial charge < -0.3 is 5.11 Å². The topological polar surface area (TPSA) is 111 Å². The molecule has 0 aliphatic heterocycles. The van der Waals surface area contributed by atoms with Crippen LogP contribution in [0, 0.1) is 11.3 Å². The van der Waals surface area contributed by atoms with Crippen molar-refractivity contribution in [1.29, 1.82) is 5.26 Å². The second-order valence-corrected chi connectivity index (χ2v) is 5.66. The van der Waals surface area contributed by atoms with Crippen LogP contribution in [0.15, 0.2) is 23.2 Å². The summed E-state index contributed by atoms with van der Waals surface area (Å²) in [6.45, 7) is 1.26. The van der Waals surface area contributed by atoms with Gasteiger partial charge in [0.15, 0.2) is 0 Å². The van der Waals surface area contributed by atoms with Crippen LogP contribution in [-0.4, -0.2) is 41.9 Å². The Labute approximate surface area is 111 Å². The molecule has 0 saturated heterocycles. The lowest BCUT2D eigenvalue weighted by Gasteiger charge is -2.19. The van der Waals surface area contributed by atoms with E-state index in [2.05, 4.69) is 4.98 Å². The number of nitriles is 1. The SMILES string of the molecule is CCCN(CC(=O)O)S(=O)(=O)c1ccc(C#N)nc1. The Morgan fingerprint density at radius 3 is 2.63 bits per heavy atom. The standard InChI is InChI=1S/C11H13N3O4S/c1-2-5-14(8-11(15)16)19(17,18)10-4-3-9(6-12)13-7-10/h3-4,7H,2,5,8H2,1H3,(H,15,16). The first-order valence-electron chi connectivity index (χ1n) is 5.50. The van der Waals surface area contributed by atoms with Gasteiger partial charge >= 0.3 is 5.97 Å². The smallest absolute Gasteiger partial charge is 0.318 e. The predicted octanol–water partition coefficient (Wildman–Crippen LogP) is 0.439. The summed E-state index contributed by atoms with van der Waals surface area (Å²) in [7, 11) is -3.90. The molecule has 0 unspecified atom stereocenters. The van der Waals surface area contributed by atoms with Crippen molar-refractivity contribution in [2.24, 2.45) is 0 Å². The number of nitrogens with zero attached hydrogens (tertiary/aromatic N) is 3. The quantitative estimate of drug-likeness (QED) is 0.810. The number of carbonyl (C=O) groups is 1. The zero-order valence-corrected chi connectivity index (χ0v) is 11.1. The number of hydrogen-bond donors (Lipinski definition) is 1. The van der Waals surface area contributed by atoms with Gasteiger partial charge in [0.05, 0.1) is 0 Å². The molecule has 0 fully saturated rings. The zero-order valence-electron chi connectivity index (χ0n) is 10.3. The average molecular weight is 283 g/mol. The van der Waals surface area contributed by atoms with Gasteiger partial charge in [-0.2, -0.15) is 9.57 Å². The van der Waals surface area contributed by atoms with Crippen molar-refractivity contribution < 1.29 is 18.3 Å². The molecule has 0 saturated carbocycles. The summed E-state index contributed by atoms with van der Waals surface area (Å²) >= 11 is 0. The molecule has 0 aliphatic rings. The van der Waals surface area contributed by atoms with Crippen LogP contribution in [0.5, 0.6) is 0 Å². The van der Waals surface area contributed by atoms with Crippen molar-refractivity contribution in [3.05, 3.63) is 24.0 Å². The monoisotopic (exact) mass is 283 g/mol. The van der Waals surface area contributed by atoms with Gasteiger partial charge in [-0.15, -0.1) is 0 Å². The average Bonchev–Trinajstić information content (AvgIpc) is 2.38. The summed E-state index contributed by atoms with van der Waals surface area (Å²) < 4.78 is 25.3. The van der Waals surface area contributed by atoms with Crippen molar-refractivity contribution in [3.8, 4) is 6.07 Å². The van der Waals surface area contributed by atoms with Gasteiger partial charge in [-0.3, -0.25) is 4.79 Å². The maximum absolute atomic E-state index is 12.2. The van der Waals surface area contributed by atoms with Crippen LogP contribution in [0.2, 0.25) is 0 Å². The van der Waals surface area contributed by atoms with E-state index in [0.29, 0.717) is 6.42 Å². The minimum absolute atomic E-state index is 0.0965. The molecule has 1 aromatic heterocycles. The van der Waals surface area contributed by atoms with Gasteiger partial charge in [0.2, 0.25) is 10.0 Å². The fourth-order valence-electron chi connectivity index (χ4n) is 1.43. The number of aliphatic carboxylic acids is 1. The first kappa shape index (κ1) is 15.1. The second kappa shape index (κ2) is 6.26. The molecular formula is C11H13N3O4S.